The van der Waals surface area contributed by atoms with Crippen molar-refractivity contribution < 1.29 is 18.1 Å². The van der Waals surface area contributed by atoms with Gasteiger partial charge in [0.1, 0.15) is 0 Å². The van der Waals surface area contributed by atoms with Crippen LogP contribution in [-0.2, 0) is 10.0 Å². The van der Waals surface area contributed by atoms with E-state index >= 15 is 0 Å². The molecule has 0 saturated carbocycles. The van der Waals surface area contributed by atoms with Crippen LogP contribution in [0.5, 0.6) is 5.75 Å². The van der Waals surface area contributed by atoms with Crippen molar-refractivity contribution in [2.24, 2.45) is 0 Å². The molecule has 2 aromatic rings. The fourth-order valence-corrected chi connectivity index (χ4v) is 3.32. The Labute approximate surface area is 138 Å². The van der Waals surface area contributed by atoms with Crippen LogP contribution in [0.1, 0.15) is 5.56 Å². The normalized spacial score (nSPS) is 11.1. The summed E-state index contributed by atoms with van der Waals surface area (Å²) in [5, 5.41) is 11.2. The van der Waals surface area contributed by atoms with E-state index in [4.69, 9.17) is 16.3 Å². The summed E-state index contributed by atoms with van der Waals surface area (Å²) in [4.78, 5) is 10.0. The second kappa shape index (κ2) is 6.43. The maximum atomic E-state index is 12.4. The number of benzene rings is 2. The molecular weight excluding hydrogens is 344 g/mol. The molecule has 1 N–H and O–H groups in total. The molecule has 9 heteroatoms. The van der Waals surface area contributed by atoms with Crippen molar-refractivity contribution in [2.45, 2.75) is 11.8 Å². The molecule has 2 rings (SSSR count). The maximum absolute atomic E-state index is 12.4. The molecule has 0 spiro atoms. The highest BCUT2D eigenvalue weighted by molar-refractivity contribution is 7.92. The Hall–Kier alpha value is -2.32. The zero-order valence-electron chi connectivity index (χ0n) is 12.2. The first kappa shape index (κ1) is 17.0. The number of hydrogen-bond acceptors (Lipinski definition) is 5. The van der Waals surface area contributed by atoms with E-state index < -0.39 is 20.6 Å². The van der Waals surface area contributed by atoms with Gasteiger partial charge in [-0.2, -0.15) is 0 Å². The number of nitrogens with zero attached hydrogens (tertiary/aromatic N) is 1. The van der Waals surface area contributed by atoms with Gasteiger partial charge in [-0.15, -0.1) is 0 Å². The minimum atomic E-state index is -4.02. The van der Waals surface area contributed by atoms with Gasteiger partial charge in [-0.25, -0.2) is 8.42 Å². The quantitative estimate of drug-likeness (QED) is 0.654. The molecule has 0 aliphatic rings. The van der Waals surface area contributed by atoms with E-state index in [2.05, 4.69) is 4.72 Å². The van der Waals surface area contributed by atoms with Gasteiger partial charge >= 0.3 is 5.69 Å². The number of nitrogens with one attached hydrogen (secondary N) is 1. The number of hydrogen-bond donors (Lipinski definition) is 1. The van der Waals surface area contributed by atoms with Gasteiger partial charge in [0.15, 0.2) is 5.75 Å². The Balaban J connectivity index is 2.43. The highest BCUT2D eigenvalue weighted by Gasteiger charge is 2.22. The average molecular weight is 357 g/mol. The molecule has 7 nitrogen and oxygen atoms in total. The van der Waals surface area contributed by atoms with Crippen LogP contribution < -0.4 is 9.46 Å². The predicted octanol–water partition coefficient (Wildman–Crippen LogP) is 3.37. The molecule has 23 heavy (non-hydrogen) atoms. The largest absolute Gasteiger partial charge is 0.490 e. The van der Waals surface area contributed by atoms with Crippen molar-refractivity contribution in [3.8, 4) is 5.75 Å². The highest BCUT2D eigenvalue weighted by Crippen LogP contribution is 2.31. The van der Waals surface area contributed by atoms with E-state index in [0.29, 0.717) is 0 Å². The van der Waals surface area contributed by atoms with Crippen LogP contribution in [0.15, 0.2) is 41.3 Å². The first-order valence-electron chi connectivity index (χ1n) is 6.36. The third kappa shape index (κ3) is 3.72. The van der Waals surface area contributed by atoms with E-state index in [9.17, 15) is 18.5 Å². The number of rotatable bonds is 5. The summed E-state index contributed by atoms with van der Waals surface area (Å²) in [6.07, 6.45) is 0. The third-order valence-corrected chi connectivity index (χ3v) is 4.70. The number of ether oxygens (including phenoxy) is 1. The zero-order chi connectivity index (χ0) is 17.2. The van der Waals surface area contributed by atoms with Gasteiger partial charge in [0.05, 0.1) is 27.6 Å². The summed E-state index contributed by atoms with van der Waals surface area (Å²) in [6, 6.07) is 8.20. The van der Waals surface area contributed by atoms with E-state index in [0.717, 1.165) is 11.6 Å². The van der Waals surface area contributed by atoms with Crippen molar-refractivity contribution >= 4 is 33.0 Å². The Morgan fingerprint density at radius 2 is 1.91 bits per heavy atom. The molecule has 0 heterocycles. The fourth-order valence-electron chi connectivity index (χ4n) is 1.89. The lowest BCUT2D eigenvalue weighted by Crippen LogP contribution is -2.13. The summed E-state index contributed by atoms with van der Waals surface area (Å²) >= 11 is 6.00. The lowest BCUT2D eigenvalue weighted by atomic mass is 10.2. The number of nitro benzene ring substituents is 1. The van der Waals surface area contributed by atoms with Gasteiger partial charge < -0.3 is 4.74 Å². The van der Waals surface area contributed by atoms with Gasteiger partial charge in [0.25, 0.3) is 10.0 Å². The third-order valence-electron chi connectivity index (χ3n) is 3.03. The molecule has 0 amide bonds. The Bertz CT molecular complexity index is 867. The molecular formula is C14H13ClN2O5S. The van der Waals surface area contributed by atoms with Gasteiger partial charge in [-0.3, -0.25) is 14.8 Å². The van der Waals surface area contributed by atoms with Crippen LogP contribution in [0.4, 0.5) is 11.4 Å². The van der Waals surface area contributed by atoms with Crippen LogP contribution in [0.2, 0.25) is 5.02 Å². The van der Waals surface area contributed by atoms with Crippen molar-refractivity contribution in [1.82, 2.24) is 0 Å². The summed E-state index contributed by atoms with van der Waals surface area (Å²) in [5.41, 5.74) is 0.624. The molecule has 0 radical (unpaired) electrons. The van der Waals surface area contributed by atoms with Gasteiger partial charge in [-0.1, -0.05) is 17.7 Å². The van der Waals surface area contributed by atoms with Crippen LogP contribution >= 0.6 is 11.6 Å². The Morgan fingerprint density at radius 1 is 1.22 bits per heavy atom. The lowest BCUT2D eigenvalue weighted by molar-refractivity contribution is -0.386. The topological polar surface area (TPSA) is 98.5 Å². The molecule has 0 fully saturated rings. The smallest absolute Gasteiger partial charge is 0.312 e. The highest BCUT2D eigenvalue weighted by atomic mass is 35.5. The summed E-state index contributed by atoms with van der Waals surface area (Å²) in [7, 11) is -2.76. The summed E-state index contributed by atoms with van der Waals surface area (Å²) in [5.74, 6) is -0.0256. The molecule has 0 atom stereocenters. The average Bonchev–Trinajstić information content (AvgIpc) is 2.49. The van der Waals surface area contributed by atoms with Crippen LogP contribution in [0.3, 0.4) is 0 Å². The maximum Gasteiger partial charge on any atom is 0.312 e. The van der Waals surface area contributed by atoms with E-state index in [1.807, 2.05) is 6.92 Å². The van der Waals surface area contributed by atoms with Gasteiger partial charge in [0.2, 0.25) is 0 Å². The SMILES string of the molecule is COc1ccc(S(=O)(=O)Nc2ccc(C)cc2Cl)cc1[N+](=O)[O-]. The van der Waals surface area contributed by atoms with Crippen molar-refractivity contribution in [3.05, 3.63) is 57.1 Å². The second-order valence-electron chi connectivity index (χ2n) is 4.68. The predicted molar refractivity (Wildman–Crippen MR) is 86.6 cm³/mol. The minimum absolute atomic E-state index is 0.0256. The van der Waals surface area contributed by atoms with Crippen LogP contribution in [0.25, 0.3) is 0 Å². The number of anilines is 1. The van der Waals surface area contributed by atoms with E-state index in [1.54, 1.807) is 12.1 Å². The summed E-state index contributed by atoms with van der Waals surface area (Å²) in [6.45, 7) is 1.82. The molecule has 0 aliphatic heterocycles. The molecule has 0 saturated heterocycles. The first-order valence-corrected chi connectivity index (χ1v) is 8.22. The number of halogens is 1. The van der Waals surface area contributed by atoms with Crippen molar-refractivity contribution in [3.63, 3.8) is 0 Å². The zero-order valence-corrected chi connectivity index (χ0v) is 13.8. The molecule has 0 aliphatic carbocycles. The number of aryl methyl sites for hydroxylation is 1. The monoisotopic (exact) mass is 356 g/mol. The molecule has 122 valence electrons. The Kier molecular flexibility index (Phi) is 4.76. The molecule has 0 unspecified atom stereocenters. The van der Waals surface area contributed by atoms with Crippen LogP contribution in [-0.4, -0.2) is 20.5 Å². The second-order valence-corrected chi connectivity index (χ2v) is 6.77. The molecule has 2 aromatic carbocycles. The Morgan fingerprint density at radius 3 is 2.48 bits per heavy atom. The van der Waals surface area contributed by atoms with Gasteiger partial charge in [0, 0.05) is 6.07 Å². The summed E-state index contributed by atoms with van der Waals surface area (Å²) < 4.78 is 31.9. The number of methoxy groups -OCH3 is 1. The van der Waals surface area contributed by atoms with Gasteiger partial charge in [-0.05, 0) is 36.8 Å². The standard InChI is InChI=1S/C14H13ClN2O5S/c1-9-3-5-12(11(15)7-9)16-23(20,21)10-4-6-14(22-2)13(8-10)17(18)19/h3-8,16H,1-2H3. The fraction of sp³-hybridized carbons (Fsp3) is 0.143. The molecule has 0 bridgehead atoms. The first-order chi connectivity index (χ1) is 10.7. The number of sulfonamides is 1. The molecule has 0 aromatic heterocycles. The van der Waals surface area contributed by atoms with Crippen LogP contribution in [0, 0.1) is 17.0 Å². The van der Waals surface area contributed by atoms with E-state index in [-0.39, 0.29) is 21.4 Å². The number of nitro groups is 1. The van der Waals surface area contributed by atoms with Crippen molar-refractivity contribution in [2.75, 3.05) is 11.8 Å². The van der Waals surface area contributed by atoms with Crippen molar-refractivity contribution in [1.29, 1.82) is 0 Å². The van der Waals surface area contributed by atoms with E-state index in [1.165, 1.54) is 25.3 Å². The minimum Gasteiger partial charge on any atom is -0.490 e. The lowest BCUT2D eigenvalue weighted by Gasteiger charge is -2.11.